The summed E-state index contributed by atoms with van der Waals surface area (Å²) < 4.78 is 86.7. The Hall–Kier alpha value is -4.49. The van der Waals surface area contributed by atoms with E-state index in [2.05, 4.69) is 0 Å². The lowest BCUT2D eigenvalue weighted by atomic mass is 9.71. The molecule has 244 valence electrons. The van der Waals surface area contributed by atoms with Gasteiger partial charge in [0, 0.05) is 24.2 Å². The fourth-order valence-corrected chi connectivity index (χ4v) is 6.16. The molecule has 0 spiro atoms. The molecule has 8 nitrogen and oxygen atoms in total. The van der Waals surface area contributed by atoms with Gasteiger partial charge in [0.1, 0.15) is 17.7 Å². The van der Waals surface area contributed by atoms with E-state index >= 15 is 0 Å². The highest BCUT2D eigenvalue weighted by atomic mass is 19.4. The van der Waals surface area contributed by atoms with Crippen LogP contribution in [0.5, 0.6) is 5.75 Å². The van der Waals surface area contributed by atoms with E-state index in [0.717, 1.165) is 25.1 Å². The fourth-order valence-electron chi connectivity index (χ4n) is 6.16. The Morgan fingerprint density at radius 1 is 0.935 bits per heavy atom. The second-order valence-corrected chi connectivity index (χ2v) is 12.0. The average Bonchev–Trinajstić information content (AvgIpc) is 3.19. The van der Waals surface area contributed by atoms with Crippen LogP contribution in [0.15, 0.2) is 48.5 Å². The third kappa shape index (κ3) is 5.92. The first-order chi connectivity index (χ1) is 21.6. The number of nitrogens with zero attached hydrogens (tertiary/aromatic N) is 3. The highest BCUT2D eigenvalue weighted by molar-refractivity contribution is 5.76. The molecule has 2 atom stereocenters. The highest BCUT2D eigenvalue weighted by Crippen LogP contribution is 2.45. The first kappa shape index (κ1) is 31.5. The van der Waals surface area contributed by atoms with Crippen molar-refractivity contribution in [1.29, 1.82) is 0 Å². The van der Waals surface area contributed by atoms with Gasteiger partial charge in [-0.2, -0.15) is 26.3 Å². The first-order valence-corrected chi connectivity index (χ1v) is 14.7. The van der Waals surface area contributed by atoms with Crippen molar-refractivity contribution in [3.63, 3.8) is 0 Å². The van der Waals surface area contributed by atoms with Crippen LogP contribution in [0.25, 0.3) is 11.1 Å². The molecular formula is C32H29F6N3O5. The normalized spacial score (nSPS) is 23.2. The van der Waals surface area contributed by atoms with Gasteiger partial charge in [-0.1, -0.05) is 6.07 Å². The number of hydrogen-bond donors (Lipinski definition) is 2. The minimum Gasteiger partial charge on any atom is -0.507 e. The van der Waals surface area contributed by atoms with Crippen molar-refractivity contribution < 1.29 is 50.9 Å². The van der Waals surface area contributed by atoms with Crippen LogP contribution >= 0.6 is 0 Å². The number of carboxylic acids is 1. The van der Waals surface area contributed by atoms with Gasteiger partial charge in [0.05, 0.1) is 35.3 Å². The van der Waals surface area contributed by atoms with Crippen LogP contribution < -0.4 is 4.90 Å². The minimum atomic E-state index is -5.07. The molecule has 0 radical (unpaired) electrons. The number of benzene rings is 2. The van der Waals surface area contributed by atoms with Gasteiger partial charge in [-0.25, -0.2) is 9.78 Å². The van der Waals surface area contributed by atoms with Gasteiger partial charge in [-0.3, -0.25) is 9.69 Å². The molecule has 2 saturated heterocycles. The molecule has 1 saturated carbocycles. The zero-order valence-electron chi connectivity index (χ0n) is 24.4. The molecule has 1 amide bonds. The lowest BCUT2D eigenvalue weighted by Crippen LogP contribution is -2.38. The third-order valence-corrected chi connectivity index (χ3v) is 9.06. The van der Waals surface area contributed by atoms with E-state index in [9.17, 15) is 46.1 Å². The predicted octanol–water partition coefficient (Wildman–Crippen LogP) is 7.36. The maximum Gasteiger partial charge on any atom is 0.416 e. The number of carbonyl (C=O) groups is 2. The molecule has 3 aromatic rings. The number of amides is 1. The number of anilines is 1. The number of carbonyl (C=O) groups excluding carboxylic acids is 1. The Morgan fingerprint density at radius 3 is 2.15 bits per heavy atom. The van der Waals surface area contributed by atoms with Crippen molar-refractivity contribution in [3.8, 4) is 16.9 Å². The number of hydrogen-bond acceptors (Lipinski definition) is 6. The lowest BCUT2D eigenvalue weighted by molar-refractivity contribution is -0.145. The smallest absolute Gasteiger partial charge is 0.416 e. The van der Waals surface area contributed by atoms with Gasteiger partial charge in [-0.05, 0) is 85.7 Å². The highest BCUT2D eigenvalue weighted by Gasteiger charge is 2.44. The summed E-state index contributed by atoms with van der Waals surface area (Å²) in [5.74, 6) is -0.826. The van der Waals surface area contributed by atoms with Gasteiger partial charge in [-0.15, -0.1) is 0 Å². The van der Waals surface area contributed by atoms with Crippen LogP contribution in [-0.2, 0) is 28.4 Å². The number of pyridine rings is 1. The van der Waals surface area contributed by atoms with Gasteiger partial charge in [0.2, 0.25) is 0 Å². The number of rotatable bonds is 7. The van der Waals surface area contributed by atoms with E-state index in [4.69, 9.17) is 9.72 Å². The van der Waals surface area contributed by atoms with Crippen molar-refractivity contribution in [2.75, 3.05) is 18.0 Å². The van der Waals surface area contributed by atoms with Crippen LogP contribution in [0.3, 0.4) is 0 Å². The molecule has 3 heterocycles. The van der Waals surface area contributed by atoms with Gasteiger partial charge in [0.15, 0.2) is 0 Å². The van der Waals surface area contributed by atoms with E-state index in [1.54, 1.807) is 24.3 Å². The number of phenols is 1. The molecule has 1 aliphatic carbocycles. The largest absolute Gasteiger partial charge is 0.507 e. The van der Waals surface area contributed by atoms with Crippen molar-refractivity contribution in [3.05, 3.63) is 76.5 Å². The van der Waals surface area contributed by atoms with Gasteiger partial charge < -0.3 is 19.8 Å². The van der Waals surface area contributed by atoms with Crippen LogP contribution in [0, 0.1) is 5.92 Å². The fraction of sp³-hybridized carbons (Fsp3) is 0.406. The third-order valence-electron chi connectivity index (χ3n) is 9.06. The summed E-state index contributed by atoms with van der Waals surface area (Å²) in [5.41, 5.74) is -1.47. The Balaban J connectivity index is 1.34. The van der Waals surface area contributed by atoms with Crippen molar-refractivity contribution in [2.45, 2.75) is 63.1 Å². The number of alkyl halides is 6. The SMILES string of the molecule is C[C@H]1[C@@H](c2cc(C(F)(F)F)cc(C(F)(F)F)c2)OC(=O)N1Cc1nc(N2CCC2)ccc1-c1cc(C2CC(C(=O)O)C2)ccc1O. The molecule has 46 heavy (non-hydrogen) atoms. The molecule has 2 aliphatic heterocycles. The summed E-state index contributed by atoms with van der Waals surface area (Å²) in [5, 5.41) is 20.2. The average molecular weight is 650 g/mol. The van der Waals surface area contributed by atoms with Crippen LogP contribution in [0.2, 0.25) is 0 Å². The molecule has 6 rings (SSSR count). The maximum atomic E-state index is 13.6. The summed E-state index contributed by atoms with van der Waals surface area (Å²) in [6.45, 7) is 2.75. The molecule has 3 aliphatic rings. The quantitative estimate of drug-likeness (QED) is 0.258. The number of aromatic hydroxyl groups is 1. The second-order valence-electron chi connectivity index (χ2n) is 12.0. The van der Waals surface area contributed by atoms with E-state index in [0.29, 0.717) is 47.6 Å². The monoisotopic (exact) mass is 649 g/mol. The maximum absolute atomic E-state index is 13.6. The van der Waals surface area contributed by atoms with Gasteiger partial charge in [0.25, 0.3) is 0 Å². The Labute approximate surface area is 259 Å². The summed E-state index contributed by atoms with van der Waals surface area (Å²) >= 11 is 0. The van der Waals surface area contributed by atoms with Crippen molar-refractivity contribution in [2.24, 2.45) is 5.92 Å². The van der Waals surface area contributed by atoms with E-state index < -0.39 is 59.2 Å². The van der Waals surface area contributed by atoms with Gasteiger partial charge >= 0.3 is 24.4 Å². The number of phenolic OH excluding ortho intramolecular Hbond substituents is 1. The number of carboxylic acid groups (broad SMARTS) is 1. The number of halogens is 6. The summed E-state index contributed by atoms with van der Waals surface area (Å²) in [4.78, 5) is 32.4. The summed E-state index contributed by atoms with van der Waals surface area (Å²) in [6.07, 6.45) is -10.7. The minimum absolute atomic E-state index is 0.0200. The van der Waals surface area contributed by atoms with E-state index in [-0.39, 0.29) is 24.3 Å². The number of cyclic esters (lactones) is 1. The number of aromatic nitrogens is 1. The van der Waals surface area contributed by atoms with Crippen molar-refractivity contribution in [1.82, 2.24) is 9.88 Å². The van der Waals surface area contributed by atoms with Crippen LogP contribution in [-0.4, -0.2) is 51.3 Å². The standard InChI is InChI=1S/C32H29F6N3O5/c1-16-28(19-11-21(31(33,34)35)14-22(12-19)32(36,37)38)46-30(45)41(16)15-25-23(4-6-27(39-25)40-7-2-8-40)24-13-17(3-5-26(24)42)18-9-20(10-18)29(43)44/h3-6,11-14,16,18,20,28,42H,2,7-10,15H2,1H3,(H,43,44)/t16-,18?,20?,28-/m0/s1. The molecule has 1 aromatic heterocycles. The second kappa shape index (κ2) is 11.4. The number of ether oxygens (including phenoxy) is 1. The molecule has 2 aromatic carbocycles. The lowest BCUT2D eigenvalue weighted by Gasteiger charge is -2.33. The molecule has 0 bridgehead atoms. The predicted molar refractivity (Wildman–Crippen MR) is 152 cm³/mol. The van der Waals surface area contributed by atoms with E-state index in [1.165, 1.54) is 17.9 Å². The van der Waals surface area contributed by atoms with E-state index in [1.807, 2.05) is 4.90 Å². The van der Waals surface area contributed by atoms with Crippen molar-refractivity contribution >= 4 is 17.9 Å². The zero-order chi connectivity index (χ0) is 33.1. The number of aliphatic carboxylic acids is 1. The Kier molecular flexibility index (Phi) is 7.80. The Morgan fingerprint density at radius 2 is 1.59 bits per heavy atom. The first-order valence-electron chi connectivity index (χ1n) is 14.7. The molecule has 14 heteroatoms. The molecule has 3 fully saturated rings. The summed E-state index contributed by atoms with van der Waals surface area (Å²) in [6, 6.07) is 8.62. The molecule has 0 unspecified atom stereocenters. The van der Waals surface area contributed by atoms with Crippen LogP contribution in [0.4, 0.5) is 37.0 Å². The molecular weight excluding hydrogens is 620 g/mol. The zero-order valence-corrected chi connectivity index (χ0v) is 24.4. The Bertz CT molecular complexity index is 1650. The molecule has 2 N–H and O–H groups in total. The topological polar surface area (TPSA) is 103 Å². The van der Waals surface area contributed by atoms with Crippen LogP contribution in [0.1, 0.15) is 66.2 Å². The summed E-state index contributed by atoms with van der Waals surface area (Å²) in [7, 11) is 0.